The standard InChI is InChI=1S/C15H28N2O/c1-12-7-5-9-15(11-12,17(3)4)14(16-2)13-8-6-10-18-13/h8,12,14,16H,5-7,9-11H2,1-4H3. The highest BCUT2D eigenvalue weighted by Crippen LogP contribution is 2.40. The first-order valence-electron chi connectivity index (χ1n) is 7.27. The van der Waals surface area contributed by atoms with Crippen molar-refractivity contribution in [3.63, 3.8) is 0 Å². The van der Waals surface area contributed by atoms with Crippen LogP contribution in [0.5, 0.6) is 0 Å². The van der Waals surface area contributed by atoms with E-state index in [-0.39, 0.29) is 5.54 Å². The number of rotatable bonds is 4. The Balaban J connectivity index is 2.26. The van der Waals surface area contributed by atoms with Crippen LogP contribution >= 0.6 is 0 Å². The molecule has 0 saturated heterocycles. The molecule has 1 aliphatic heterocycles. The van der Waals surface area contributed by atoms with Gasteiger partial charge >= 0.3 is 0 Å². The topological polar surface area (TPSA) is 24.5 Å². The molecule has 1 fully saturated rings. The monoisotopic (exact) mass is 252 g/mol. The zero-order chi connectivity index (χ0) is 13.2. The average Bonchev–Trinajstić information content (AvgIpc) is 2.83. The molecule has 0 aromatic rings. The summed E-state index contributed by atoms with van der Waals surface area (Å²) in [6.45, 7) is 3.24. The lowest BCUT2D eigenvalue weighted by Crippen LogP contribution is -2.61. The van der Waals surface area contributed by atoms with Crippen molar-refractivity contribution in [2.24, 2.45) is 5.92 Å². The first-order chi connectivity index (χ1) is 8.60. The molecule has 0 amide bonds. The predicted octanol–water partition coefficient (Wildman–Crippen LogP) is 2.39. The van der Waals surface area contributed by atoms with Crippen molar-refractivity contribution in [3.05, 3.63) is 11.8 Å². The molecule has 3 heteroatoms. The second-order valence-electron chi connectivity index (χ2n) is 6.16. The van der Waals surface area contributed by atoms with Gasteiger partial charge < -0.3 is 15.0 Å². The number of likely N-dealkylation sites (N-methyl/N-ethyl adjacent to an activating group) is 2. The van der Waals surface area contributed by atoms with E-state index in [1.54, 1.807) is 0 Å². The van der Waals surface area contributed by atoms with Crippen LogP contribution in [0.2, 0.25) is 0 Å². The lowest BCUT2D eigenvalue weighted by molar-refractivity contribution is 0.0319. The van der Waals surface area contributed by atoms with E-state index in [1.165, 1.54) is 31.4 Å². The van der Waals surface area contributed by atoms with E-state index in [9.17, 15) is 0 Å². The summed E-state index contributed by atoms with van der Waals surface area (Å²) < 4.78 is 5.84. The molecular formula is C15H28N2O. The minimum atomic E-state index is 0.211. The van der Waals surface area contributed by atoms with Crippen molar-refractivity contribution < 1.29 is 4.74 Å². The second-order valence-corrected chi connectivity index (χ2v) is 6.16. The molecule has 0 radical (unpaired) electrons. The van der Waals surface area contributed by atoms with Crippen LogP contribution in [0.15, 0.2) is 11.8 Å². The molecule has 3 atom stereocenters. The average molecular weight is 252 g/mol. The van der Waals surface area contributed by atoms with E-state index >= 15 is 0 Å². The summed E-state index contributed by atoms with van der Waals surface area (Å²) >= 11 is 0. The molecule has 0 bridgehead atoms. The summed E-state index contributed by atoms with van der Waals surface area (Å²) in [6.07, 6.45) is 8.54. The van der Waals surface area contributed by atoms with Gasteiger partial charge in [0.1, 0.15) is 5.76 Å². The Labute approximate surface area is 112 Å². The molecule has 0 aromatic heterocycles. The van der Waals surface area contributed by atoms with E-state index in [1.807, 2.05) is 0 Å². The van der Waals surface area contributed by atoms with Gasteiger partial charge in [-0.2, -0.15) is 0 Å². The molecule has 2 rings (SSSR count). The van der Waals surface area contributed by atoms with Gasteiger partial charge in [0.05, 0.1) is 12.6 Å². The Morgan fingerprint density at radius 3 is 2.78 bits per heavy atom. The van der Waals surface area contributed by atoms with Crippen molar-refractivity contribution >= 4 is 0 Å². The van der Waals surface area contributed by atoms with E-state index < -0.39 is 0 Å². The van der Waals surface area contributed by atoms with Gasteiger partial charge in [-0.05, 0) is 46.0 Å². The molecule has 1 N–H and O–H groups in total. The van der Waals surface area contributed by atoms with Gasteiger partial charge in [0.15, 0.2) is 0 Å². The Morgan fingerprint density at radius 1 is 1.50 bits per heavy atom. The lowest BCUT2D eigenvalue weighted by atomic mass is 9.70. The molecule has 3 nitrogen and oxygen atoms in total. The minimum Gasteiger partial charge on any atom is -0.496 e. The summed E-state index contributed by atoms with van der Waals surface area (Å²) in [5, 5.41) is 3.52. The van der Waals surface area contributed by atoms with Crippen LogP contribution in [0.1, 0.15) is 39.0 Å². The molecular weight excluding hydrogens is 224 g/mol. The van der Waals surface area contributed by atoms with E-state index in [0.29, 0.717) is 6.04 Å². The highest BCUT2D eigenvalue weighted by atomic mass is 16.5. The maximum Gasteiger partial charge on any atom is 0.111 e. The molecule has 1 saturated carbocycles. The van der Waals surface area contributed by atoms with Gasteiger partial charge in [-0.3, -0.25) is 0 Å². The van der Waals surface area contributed by atoms with Crippen molar-refractivity contribution in [2.75, 3.05) is 27.7 Å². The highest BCUT2D eigenvalue weighted by Gasteiger charge is 2.45. The number of hydrogen-bond acceptors (Lipinski definition) is 3. The number of nitrogens with one attached hydrogen (secondary N) is 1. The number of nitrogens with zero attached hydrogens (tertiary/aromatic N) is 1. The van der Waals surface area contributed by atoms with Crippen molar-refractivity contribution in [1.82, 2.24) is 10.2 Å². The van der Waals surface area contributed by atoms with Crippen LogP contribution in [-0.4, -0.2) is 44.2 Å². The minimum absolute atomic E-state index is 0.211. The number of ether oxygens (including phenoxy) is 1. The van der Waals surface area contributed by atoms with Crippen LogP contribution in [0.25, 0.3) is 0 Å². The fourth-order valence-corrected chi connectivity index (χ4v) is 3.80. The third kappa shape index (κ3) is 2.43. The Hall–Kier alpha value is -0.540. The molecule has 0 aromatic carbocycles. The van der Waals surface area contributed by atoms with E-state index in [2.05, 4.69) is 44.4 Å². The second kappa shape index (κ2) is 5.62. The predicted molar refractivity (Wildman–Crippen MR) is 75.5 cm³/mol. The van der Waals surface area contributed by atoms with Crippen LogP contribution in [0.4, 0.5) is 0 Å². The van der Waals surface area contributed by atoms with Crippen molar-refractivity contribution in [1.29, 1.82) is 0 Å². The highest BCUT2D eigenvalue weighted by molar-refractivity contribution is 5.17. The van der Waals surface area contributed by atoms with Crippen LogP contribution in [-0.2, 0) is 4.74 Å². The third-order valence-electron chi connectivity index (χ3n) is 4.74. The van der Waals surface area contributed by atoms with Crippen LogP contribution in [0, 0.1) is 5.92 Å². The summed E-state index contributed by atoms with van der Waals surface area (Å²) in [5.74, 6) is 1.97. The van der Waals surface area contributed by atoms with E-state index in [0.717, 1.165) is 18.9 Å². The molecule has 18 heavy (non-hydrogen) atoms. The fraction of sp³-hybridized carbons (Fsp3) is 0.867. The SMILES string of the molecule is CNC(C1=CCCO1)C1(N(C)C)CCCC(C)C1. The summed E-state index contributed by atoms with van der Waals surface area (Å²) in [7, 11) is 6.51. The first kappa shape index (κ1) is 13.9. The van der Waals surface area contributed by atoms with Crippen molar-refractivity contribution in [3.8, 4) is 0 Å². The molecule has 104 valence electrons. The lowest BCUT2D eigenvalue weighted by Gasteiger charge is -2.50. The smallest absolute Gasteiger partial charge is 0.111 e. The Morgan fingerprint density at radius 2 is 2.28 bits per heavy atom. The van der Waals surface area contributed by atoms with Crippen molar-refractivity contribution in [2.45, 2.75) is 50.6 Å². The first-order valence-corrected chi connectivity index (χ1v) is 7.27. The van der Waals surface area contributed by atoms with Gasteiger partial charge in [0.25, 0.3) is 0 Å². The van der Waals surface area contributed by atoms with Gasteiger partial charge in [-0.25, -0.2) is 0 Å². The van der Waals surface area contributed by atoms with Crippen LogP contribution in [0.3, 0.4) is 0 Å². The largest absolute Gasteiger partial charge is 0.496 e. The normalized spacial score (nSPS) is 34.3. The van der Waals surface area contributed by atoms with Gasteiger partial charge in [0, 0.05) is 12.0 Å². The molecule has 2 aliphatic rings. The molecule has 0 spiro atoms. The molecule has 1 heterocycles. The quantitative estimate of drug-likeness (QED) is 0.831. The van der Waals surface area contributed by atoms with Crippen LogP contribution < -0.4 is 5.32 Å². The van der Waals surface area contributed by atoms with Gasteiger partial charge in [-0.1, -0.05) is 19.8 Å². The summed E-state index contributed by atoms with van der Waals surface area (Å²) in [4.78, 5) is 2.42. The van der Waals surface area contributed by atoms with E-state index in [4.69, 9.17) is 4.74 Å². The fourth-order valence-electron chi connectivity index (χ4n) is 3.80. The Kier molecular flexibility index (Phi) is 4.33. The molecule has 1 aliphatic carbocycles. The van der Waals surface area contributed by atoms with Gasteiger partial charge in [0.2, 0.25) is 0 Å². The zero-order valence-corrected chi connectivity index (χ0v) is 12.3. The van der Waals surface area contributed by atoms with Gasteiger partial charge in [-0.15, -0.1) is 0 Å². The zero-order valence-electron chi connectivity index (χ0n) is 12.3. The molecule has 3 unspecified atom stereocenters. The summed E-state index contributed by atoms with van der Waals surface area (Å²) in [6, 6.07) is 0.331. The maximum atomic E-state index is 5.84. The Bertz CT molecular complexity index is 314. The summed E-state index contributed by atoms with van der Waals surface area (Å²) in [5.41, 5.74) is 0.211. The third-order valence-corrected chi connectivity index (χ3v) is 4.74. The number of hydrogen-bond donors (Lipinski definition) is 1. The maximum absolute atomic E-state index is 5.84.